The first-order valence-corrected chi connectivity index (χ1v) is 9.76. The molecule has 0 radical (unpaired) electrons. The van der Waals surface area contributed by atoms with E-state index in [0.717, 1.165) is 25.0 Å². The van der Waals surface area contributed by atoms with Crippen molar-refractivity contribution in [3.8, 4) is 11.5 Å². The molecule has 0 saturated carbocycles. The van der Waals surface area contributed by atoms with Crippen LogP contribution in [0.25, 0.3) is 17.2 Å². The molecule has 4 rings (SSSR count). The van der Waals surface area contributed by atoms with Crippen LogP contribution in [0, 0.1) is 11.6 Å². The minimum atomic E-state index is -0.729. The molecule has 1 unspecified atom stereocenters. The van der Waals surface area contributed by atoms with Crippen LogP contribution in [0.3, 0.4) is 0 Å². The highest BCUT2D eigenvalue weighted by Crippen LogP contribution is 2.36. The van der Waals surface area contributed by atoms with Crippen LogP contribution in [0.5, 0.6) is 0 Å². The van der Waals surface area contributed by atoms with Gasteiger partial charge in [0.25, 0.3) is 0 Å². The Morgan fingerprint density at radius 1 is 1.23 bits per heavy atom. The largest absolute Gasteiger partial charge is 0.436 e. The van der Waals surface area contributed by atoms with Gasteiger partial charge in [0.15, 0.2) is 5.76 Å². The van der Waals surface area contributed by atoms with E-state index in [4.69, 9.17) is 21.0 Å². The molecular weight excluding hydrogens is 404 g/mol. The fourth-order valence-corrected chi connectivity index (χ4v) is 3.69. The van der Waals surface area contributed by atoms with Crippen molar-refractivity contribution in [3.63, 3.8) is 0 Å². The number of benzene rings is 1. The van der Waals surface area contributed by atoms with Crippen LogP contribution in [-0.4, -0.2) is 20.1 Å². The first-order chi connectivity index (χ1) is 15.0. The van der Waals surface area contributed by atoms with Crippen LogP contribution in [0.15, 0.2) is 58.6 Å². The van der Waals surface area contributed by atoms with Gasteiger partial charge in [0.1, 0.15) is 23.9 Å². The van der Waals surface area contributed by atoms with Gasteiger partial charge in [-0.1, -0.05) is 6.07 Å². The molecule has 5 N–H and O–H groups in total. The molecule has 0 saturated heterocycles. The van der Waals surface area contributed by atoms with E-state index in [0.29, 0.717) is 34.8 Å². The molecule has 0 bridgehead atoms. The molecule has 1 aromatic carbocycles. The highest BCUT2D eigenvalue weighted by Gasteiger charge is 2.24. The summed E-state index contributed by atoms with van der Waals surface area (Å²) in [5, 5.41) is 9.13. The molecule has 0 fully saturated rings. The minimum Gasteiger partial charge on any atom is -0.436 e. The Hall–Kier alpha value is -3.59. The molecule has 1 aliphatic rings. The average Bonchev–Trinajstić information content (AvgIpc) is 3.25. The van der Waals surface area contributed by atoms with E-state index in [9.17, 15) is 8.78 Å². The quantitative estimate of drug-likeness (QED) is 0.572. The molecule has 1 aliphatic carbocycles. The zero-order valence-corrected chi connectivity index (χ0v) is 16.6. The van der Waals surface area contributed by atoms with Gasteiger partial charge >= 0.3 is 0 Å². The van der Waals surface area contributed by atoms with Crippen molar-refractivity contribution in [1.29, 1.82) is 0 Å². The molecular formula is C22H21F2N5O2. The normalized spacial score (nSPS) is 17.3. The van der Waals surface area contributed by atoms with Crippen molar-refractivity contribution in [2.24, 2.45) is 11.5 Å². The zero-order valence-electron chi connectivity index (χ0n) is 16.6. The number of rotatable bonds is 5. The fraction of sp³-hybridized carbons (Fsp3) is 0.227. The number of nitrogens with zero attached hydrogens (tertiary/aromatic N) is 3. The third-order valence-corrected chi connectivity index (χ3v) is 5.22. The van der Waals surface area contributed by atoms with Crippen molar-refractivity contribution in [2.75, 3.05) is 0 Å². The standard InChI is InChI=1S/C22H21F2N5O2/c23-14-5-2-6-15(24)21(14)16(25)7-12-3-1-4-13(22(12)26)17-8-27-9-18(29-17)19-10-28-20(11-30)31-19/h2,5-10,13,30H,1,3-4,11,25-26H2/b16-7-. The van der Waals surface area contributed by atoms with E-state index < -0.39 is 11.6 Å². The second kappa shape index (κ2) is 8.65. The van der Waals surface area contributed by atoms with Gasteiger partial charge in [0.2, 0.25) is 5.89 Å². The van der Waals surface area contributed by atoms with Crippen molar-refractivity contribution < 1.29 is 18.3 Å². The smallest absolute Gasteiger partial charge is 0.220 e. The first-order valence-electron chi connectivity index (χ1n) is 9.76. The highest BCUT2D eigenvalue weighted by atomic mass is 19.1. The topological polar surface area (TPSA) is 124 Å². The monoisotopic (exact) mass is 425 g/mol. The van der Waals surface area contributed by atoms with Crippen LogP contribution < -0.4 is 11.5 Å². The average molecular weight is 425 g/mol. The predicted molar refractivity (Wildman–Crippen MR) is 110 cm³/mol. The number of aliphatic hydroxyl groups excluding tert-OH is 1. The zero-order chi connectivity index (χ0) is 22.0. The lowest BCUT2D eigenvalue weighted by molar-refractivity contribution is 0.241. The van der Waals surface area contributed by atoms with Gasteiger partial charge in [-0.05, 0) is 43.0 Å². The van der Waals surface area contributed by atoms with Crippen molar-refractivity contribution in [1.82, 2.24) is 15.0 Å². The molecule has 0 amide bonds. The molecule has 0 aliphatic heterocycles. The summed E-state index contributed by atoms with van der Waals surface area (Å²) in [4.78, 5) is 12.8. The molecule has 160 valence electrons. The van der Waals surface area contributed by atoms with Crippen LogP contribution in [-0.2, 0) is 6.61 Å². The Morgan fingerprint density at radius 3 is 2.71 bits per heavy atom. The number of hydrogen-bond donors (Lipinski definition) is 3. The van der Waals surface area contributed by atoms with E-state index in [1.54, 1.807) is 6.20 Å². The van der Waals surface area contributed by atoms with Crippen LogP contribution in [0.1, 0.15) is 42.3 Å². The molecule has 0 spiro atoms. The number of allylic oxidation sites excluding steroid dienone is 3. The van der Waals surface area contributed by atoms with E-state index in [1.807, 2.05) is 0 Å². The minimum absolute atomic E-state index is 0.0211. The third-order valence-electron chi connectivity index (χ3n) is 5.22. The van der Waals surface area contributed by atoms with Crippen molar-refractivity contribution in [2.45, 2.75) is 31.8 Å². The summed E-state index contributed by atoms with van der Waals surface area (Å²) in [6, 6.07) is 3.61. The maximum atomic E-state index is 14.1. The maximum absolute atomic E-state index is 14.1. The Morgan fingerprint density at radius 2 is 2.00 bits per heavy atom. The molecule has 2 heterocycles. The Bertz CT molecular complexity index is 1150. The van der Waals surface area contributed by atoms with Gasteiger partial charge in [-0.25, -0.2) is 18.7 Å². The highest BCUT2D eigenvalue weighted by molar-refractivity contribution is 5.67. The second-order valence-electron chi connectivity index (χ2n) is 7.23. The van der Waals surface area contributed by atoms with Crippen LogP contribution in [0.2, 0.25) is 0 Å². The van der Waals surface area contributed by atoms with Gasteiger partial charge in [-0.15, -0.1) is 0 Å². The summed E-state index contributed by atoms with van der Waals surface area (Å²) in [5.41, 5.74) is 14.5. The van der Waals surface area contributed by atoms with Crippen molar-refractivity contribution >= 4 is 5.70 Å². The van der Waals surface area contributed by atoms with Gasteiger partial charge in [0, 0.05) is 23.5 Å². The summed E-state index contributed by atoms with van der Waals surface area (Å²) in [6.45, 7) is -0.314. The van der Waals surface area contributed by atoms with Crippen molar-refractivity contribution in [3.05, 3.63) is 82.9 Å². The molecule has 1 atom stereocenters. The van der Waals surface area contributed by atoms with E-state index in [-0.39, 0.29) is 29.7 Å². The van der Waals surface area contributed by atoms with E-state index >= 15 is 0 Å². The lowest BCUT2D eigenvalue weighted by atomic mass is 9.84. The lowest BCUT2D eigenvalue weighted by Gasteiger charge is -2.25. The Kier molecular flexibility index (Phi) is 5.77. The van der Waals surface area contributed by atoms with Gasteiger partial charge in [-0.2, -0.15) is 0 Å². The van der Waals surface area contributed by atoms with Gasteiger partial charge < -0.3 is 21.0 Å². The third kappa shape index (κ3) is 4.17. The number of aliphatic hydroxyl groups is 1. The van der Waals surface area contributed by atoms with Gasteiger partial charge in [0.05, 0.1) is 23.7 Å². The second-order valence-corrected chi connectivity index (χ2v) is 7.23. The number of halogens is 2. The maximum Gasteiger partial charge on any atom is 0.220 e. The van der Waals surface area contributed by atoms with Crippen LogP contribution in [0.4, 0.5) is 8.78 Å². The summed E-state index contributed by atoms with van der Waals surface area (Å²) in [5.74, 6) is -1.12. The predicted octanol–water partition coefficient (Wildman–Crippen LogP) is 3.38. The fourth-order valence-electron chi connectivity index (χ4n) is 3.69. The molecule has 7 nitrogen and oxygen atoms in total. The number of aromatic nitrogens is 3. The van der Waals surface area contributed by atoms with Crippen LogP contribution >= 0.6 is 0 Å². The molecule has 2 aromatic heterocycles. The van der Waals surface area contributed by atoms with E-state index in [2.05, 4.69) is 15.0 Å². The Balaban J connectivity index is 1.68. The molecule has 3 aromatic rings. The summed E-state index contributed by atoms with van der Waals surface area (Å²) in [6.07, 6.45) is 8.33. The number of nitrogens with two attached hydrogens (primary N) is 2. The van der Waals surface area contributed by atoms with E-state index in [1.165, 1.54) is 24.5 Å². The first kappa shape index (κ1) is 20.7. The number of hydrogen-bond acceptors (Lipinski definition) is 7. The summed E-state index contributed by atoms with van der Waals surface area (Å²) >= 11 is 0. The SMILES string of the molecule is NC1=C(/C=C(\N)c2c(F)cccc2F)CCCC1c1cncc(-c2cnc(CO)o2)n1. The Labute approximate surface area is 177 Å². The van der Waals surface area contributed by atoms with Gasteiger partial charge in [-0.3, -0.25) is 4.98 Å². The summed E-state index contributed by atoms with van der Waals surface area (Å²) < 4.78 is 33.6. The molecule has 31 heavy (non-hydrogen) atoms. The lowest BCUT2D eigenvalue weighted by Crippen LogP contribution is -2.19. The summed E-state index contributed by atoms with van der Waals surface area (Å²) in [7, 11) is 0. The molecule has 9 heteroatoms. The number of oxazole rings is 1.